The van der Waals surface area contributed by atoms with Gasteiger partial charge in [0, 0.05) is 0 Å². The molecule has 0 saturated carbocycles. The summed E-state index contributed by atoms with van der Waals surface area (Å²) in [6, 6.07) is 13.8. The third-order valence-electron chi connectivity index (χ3n) is 3.97. The standard InChI is InChI=1S/C21H27NO3/c1-5-19(25-18-10-7-15(2)8-11-18)21(23)22-12-13-24-20-14-16(3)6-9-17(20)4/h6-11,14,19H,5,12-13H2,1-4H3,(H,22,23)/t19-/m0/s1. The number of nitrogens with one attached hydrogen (secondary N) is 1. The smallest absolute Gasteiger partial charge is 0.261 e. The lowest BCUT2D eigenvalue weighted by molar-refractivity contribution is -0.128. The molecule has 0 radical (unpaired) electrons. The van der Waals surface area contributed by atoms with E-state index < -0.39 is 6.10 Å². The normalized spacial score (nSPS) is 11.7. The lowest BCUT2D eigenvalue weighted by Gasteiger charge is -2.17. The number of hydrogen-bond donors (Lipinski definition) is 1. The van der Waals surface area contributed by atoms with Crippen molar-refractivity contribution in [3.8, 4) is 11.5 Å². The van der Waals surface area contributed by atoms with Gasteiger partial charge >= 0.3 is 0 Å². The van der Waals surface area contributed by atoms with Crippen molar-refractivity contribution in [3.05, 3.63) is 59.2 Å². The van der Waals surface area contributed by atoms with Crippen LogP contribution < -0.4 is 14.8 Å². The van der Waals surface area contributed by atoms with Crippen molar-refractivity contribution < 1.29 is 14.3 Å². The highest BCUT2D eigenvalue weighted by Gasteiger charge is 2.17. The van der Waals surface area contributed by atoms with E-state index in [-0.39, 0.29) is 5.91 Å². The van der Waals surface area contributed by atoms with Crippen LogP contribution in [0.3, 0.4) is 0 Å². The highest BCUT2D eigenvalue weighted by Crippen LogP contribution is 2.19. The summed E-state index contributed by atoms with van der Waals surface area (Å²) < 4.78 is 11.5. The molecule has 2 rings (SSSR count). The van der Waals surface area contributed by atoms with Crippen LogP contribution in [0, 0.1) is 20.8 Å². The van der Waals surface area contributed by atoms with E-state index in [4.69, 9.17) is 9.47 Å². The summed E-state index contributed by atoms with van der Waals surface area (Å²) in [6.45, 7) is 8.87. The molecule has 0 saturated heterocycles. The third-order valence-corrected chi connectivity index (χ3v) is 3.97. The van der Waals surface area contributed by atoms with Crippen molar-refractivity contribution in [1.82, 2.24) is 5.32 Å². The summed E-state index contributed by atoms with van der Waals surface area (Å²) in [5.74, 6) is 1.45. The zero-order chi connectivity index (χ0) is 18.2. The predicted molar refractivity (Wildman–Crippen MR) is 100 cm³/mol. The van der Waals surface area contributed by atoms with E-state index in [9.17, 15) is 4.79 Å². The molecule has 0 aliphatic carbocycles. The minimum Gasteiger partial charge on any atom is -0.491 e. The van der Waals surface area contributed by atoms with Crippen molar-refractivity contribution in [3.63, 3.8) is 0 Å². The maximum atomic E-state index is 12.3. The van der Waals surface area contributed by atoms with Gasteiger partial charge in [-0.3, -0.25) is 4.79 Å². The summed E-state index contributed by atoms with van der Waals surface area (Å²) in [7, 11) is 0. The molecule has 0 unspecified atom stereocenters. The van der Waals surface area contributed by atoms with E-state index in [2.05, 4.69) is 11.4 Å². The fourth-order valence-corrected chi connectivity index (χ4v) is 2.42. The maximum Gasteiger partial charge on any atom is 0.261 e. The average molecular weight is 341 g/mol. The van der Waals surface area contributed by atoms with Gasteiger partial charge in [0.2, 0.25) is 0 Å². The SMILES string of the molecule is CC[C@H](Oc1ccc(C)cc1)C(=O)NCCOc1cc(C)ccc1C. The topological polar surface area (TPSA) is 47.6 Å². The second-order valence-electron chi connectivity index (χ2n) is 6.24. The summed E-state index contributed by atoms with van der Waals surface area (Å²) in [4.78, 5) is 12.3. The first-order valence-corrected chi connectivity index (χ1v) is 8.70. The number of hydrogen-bond acceptors (Lipinski definition) is 3. The van der Waals surface area contributed by atoms with E-state index >= 15 is 0 Å². The summed E-state index contributed by atoms with van der Waals surface area (Å²) in [6.07, 6.45) is 0.112. The zero-order valence-electron chi connectivity index (χ0n) is 15.5. The Morgan fingerprint density at radius 2 is 1.72 bits per heavy atom. The molecule has 0 aromatic heterocycles. The van der Waals surface area contributed by atoms with Crippen LogP contribution in [0.15, 0.2) is 42.5 Å². The first-order valence-electron chi connectivity index (χ1n) is 8.70. The molecule has 4 heteroatoms. The monoisotopic (exact) mass is 341 g/mol. The Bertz CT molecular complexity index is 695. The molecule has 2 aromatic rings. The molecule has 2 aromatic carbocycles. The number of amides is 1. The fourth-order valence-electron chi connectivity index (χ4n) is 2.42. The highest BCUT2D eigenvalue weighted by atomic mass is 16.5. The average Bonchev–Trinajstić information content (AvgIpc) is 2.60. The Kier molecular flexibility index (Phi) is 6.87. The molecular weight excluding hydrogens is 314 g/mol. The van der Waals surface area contributed by atoms with Gasteiger partial charge in [0.1, 0.15) is 18.1 Å². The van der Waals surface area contributed by atoms with Crippen LogP contribution in [0.1, 0.15) is 30.0 Å². The van der Waals surface area contributed by atoms with Gasteiger partial charge in [-0.15, -0.1) is 0 Å². The van der Waals surface area contributed by atoms with Gasteiger partial charge in [-0.1, -0.05) is 36.8 Å². The first-order chi connectivity index (χ1) is 12.0. The zero-order valence-corrected chi connectivity index (χ0v) is 15.5. The molecule has 0 aliphatic heterocycles. The lowest BCUT2D eigenvalue weighted by atomic mass is 10.1. The molecule has 0 bridgehead atoms. The van der Waals surface area contributed by atoms with Crippen molar-refractivity contribution in [2.75, 3.05) is 13.2 Å². The number of benzene rings is 2. The minimum absolute atomic E-state index is 0.118. The van der Waals surface area contributed by atoms with E-state index in [0.717, 1.165) is 22.4 Å². The van der Waals surface area contributed by atoms with E-state index in [0.29, 0.717) is 25.3 Å². The third kappa shape index (κ3) is 5.82. The summed E-state index contributed by atoms with van der Waals surface area (Å²) >= 11 is 0. The van der Waals surface area contributed by atoms with Gasteiger partial charge in [-0.2, -0.15) is 0 Å². The molecule has 1 amide bonds. The summed E-state index contributed by atoms with van der Waals surface area (Å²) in [5.41, 5.74) is 3.40. The molecule has 134 valence electrons. The van der Waals surface area contributed by atoms with Crippen LogP contribution in [-0.4, -0.2) is 25.2 Å². The maximum absolute atomic E-state index is 12.3. The molecule has 0 aliphatic rings. The Hall–Kier alpha value is -2.49. The quantitative estimate of drug-likeness (QED) is 0.739. The molecule has 1 N–H and O–H groups in total. The first kappa shape index (κ1) is 18.8. The number of carbonyl (C=O) groups excluding carboxylic acids is 1. The van der Waals surface area contributed by atoms with Gasteiger partial charge in [-0.05, 0) is 56.5 Å². The van der Waals surface area contributed by atoms with Crippen molar-refractivity contribution >= 4 is 5.91 Å². The molecular formula is C21H27NO3. The molecule has 25 heavy (non-hydrogen) atoms. The number of rotatable bonds is 8. The van der Waals surface area contributed by atoms with Gasteiger partial charge < -0.3 is 14.8 Å². The second-order valence-corrected chi connectivity index (χ2v) is 6.24. The van der Waals surface area contributed by atoms with E-state index in [1.54, 1.807) is 0 Å². The van der Waals surface area contributed by atoms with Crippen LogP contribution in [-0.2, 0) is 4.79 Å². The minimum atomic E-state index is -0.497. The van der Waals surface area contributed by atoms with Crippen molar-refractivity contribution in [2.24, 2.45) is 0 Å². The lowest BCUT2D eigenvalue weighted by Crippen LogP contribution is -2.39. The Morgan fingerprint density at radius 3 is 2.40 bits per heavy atom. The van der Waals surface area contributed by atoms with E-state index in [1.165, 1.54) is 0 Å². The number of carbonyl (C=O) groups is 1. The highest BCUT2D eigenvalue weighted by molar-refractivity contribution is 5.81. The van der Waals surface area contributed by atoms with Crippen molar-refractivity contribution in [1.29, 1.82) is 0 Å². The van der Waals surface area contributed by atoms with Crippen LogP contribution >= 0.6 is 0 Å². The Morgan fingerprint density at radius 1 is 1.04 bits per heavy atom. The molecule has 0 spiro atoms. The van der Waals surface area contributed by atoms with Gasteiger partial charge in [0.15, 0.2) is 6.10 Å². The van der Waals surface area contributed by atoms with Crippen molar-refractivity contribution in [2.45, 2.75) is 40.2 Å². The van der Waals surface area contributed by atoms with Crippen LogP contribution in [0.25, 0.3) is 0 Å². The number of ether oxygens (including phenoxy) is 2. The molecule has 1 atom stereocenters. The predicted octanol–water partition coefficient (Wildman–Crippen LogP) is 3.96. The van der Waals surface area contributed by atoms with Crippen LogP contribution in [0.5, 0.6) is 11.5 Å². The van der Waals surface area contributed by atoms with Gasteiger partial charge in [0.25, 0.3) is 5.91 Å². The summed E-state index contributed by atoms with van der Waals surface area (Å²) in [5, 5.41) is 2.88. The van der Waals surface area contributed by atoms with Crippen LogP contribution in [0.4, 0.5) is 0 Å². The number of aryl methyl sites for hydroxylation is 3. The van der Waals surface area contributed by atoms with Crippen LogP contribution in [0.2, 0.25) is 0 Å². The Balaban J connectivity index is 1.79. The fraction of sp³-hybridized carbons (Fsp3) is 0.381. The molecule has 4 nitrogen and oxygen atoms in total. The molecule has 0 fully saturated rings. The second kappa shape index (κ2) is 9.11. The van der Waals surface area contributed by atoms with Gasteiger partial charge in [0.05, 0.1) is 6.54 Å². The Labute approximate surface area is 150 Å². The largest absolute Gasteiger partial charge is 0.491 e. The molecule has 0 heterocycles. The van der Waals surface area contributed by atoms with E-state index in [1.807, 2.05) is 64.1 Å². The van der Waals surface area contributed by atoms with Gasteiger partial charge in [-0.25, -0.2) is 0 Å².